The highest BCUT2D eigenvalue weighted by Crippen LogP contribution is 2.23. The second-order valence-corrected chi connectivity index (χ2v) is 5.42. The molecule has 1 saturated heterocycles. The topological polar surface area (TPSA) is 43.4 Å². The number of nitrogens with two attached hydrogens (primary N) is 1. The average Bonchev–Trinajstić information content (AvgIpc) is 2.86. The Morgan fingerprint density at radius 3 is 3.00 bits per heavy atom. The summed E-state index contributed by atoms with van der Waals surface area (Å²) in [6, 6.07) is 8.65. The van der Waals surface area contributed by atoms with Crippen LogP contribution in [0.4, 0.5) is 0 Å². The van der Waals surface area contributed by atoms with E-state index >= 15 is 0 Å². The van der Waals surface area contributed by atoms with Crippen molar-refractivity contribution < 1.29 is 4.74 Å². The van der Waals surface area contributed by atoms with Gasteiger partial charge in [0, 0.05) is 49.8 Å². The van der Waals surface area contributed by atoms with E-state index in [4.69, 9.17) is 10.5 Å². The van der Waals surface area contributed by atoms with Gasteiger partial charge < -0.3 is 15.0 Å². The van der Waals surface area contributed by atoms with Crippen molar-refractivity contribution in [3.8, 4) is 0 Å². The van der Waals surface area contributed by atoms with E-state index in [2.05, 4.69) is 46.9 Å². The Balaban J connectivity index is 1.83. The molecule has 4 heteroatoms. The van der Waals surface area contributed by atoms with Gasteiger partial charge in [0.25, 0.3) is 0 Å². The molecule has 0 radical (unpaired) electrons. The summed E-state index contributed by atoms with van der Waals surface area (Å²) in [7, 11) is 0. The largest absolute Gasteiger partial charge is 0.374 e. The summed E-state index contributed by atoms with van der Waals surface area (Å²) in [5, 5.41) is 1.37. The fourth-order valence-electron chi connectivity index (χ4n) is 3.02. The summed E-state index contributed by atoms with van der Waals surface area (Å²) in [5.74, 6) is 0. The smallest absolute Gasteiger partial charge is 0.0824 e. The maximum Gasteiger partial charge on any atom is 0.0824 e. The van der Waals surface area contributed by atoms with Crippen LogP contribution in [0.3, 0.4) is 0 Å². The van der Waals surface area contributed by atoms with Gasteiger partial charge in [-0.15, -0.1) is 0 Å². The summed E-state index contributed by atoms with van der Waals surface area (Å²) in [6.07, 6.45) is 2.47. The predicted octanol–water partition coefficient (Wildman–Crippen LogP) is 1.82. The van der Waals surface area contributed by atoms with E-state index in [-0.39, 0.29) is 6.10 Å². The van der Waals surface area contributed by atoms with Crippen LogP contribution in [0, 0.1) is 0 Å². The molecule has 3 rings (SSSR count). The highest BCUT2D eigenvalue weighted by atomic mass is 16.5. The van der Waals surface area contributed by atoms with Crippen LogP contribution in [0.15, 0.2) is 30.5 Å². The standard InChI is InChI=1S/C16H23N3O/c1-2-19-11-13(15-5-3-4-6-16(15)19)10-18-7-8-20-14(9-17)12-18/h3-6,11,14H,2,7-10,12,17H2,1H3. The zero-order valence-electron chi connectivity index (χ0n) is 12.1. The Kier molecular flexibility index (Phi) is 4.05. The van der Waals surface area contributed by atoms with E-state index in [1.54, 1.807) is 0 Å². The normalized spacial score (nSPS) is 20.6. The molecule has 2 aromatic rings. The van der Waals surface area contributed by atoms with Crippen molar-refractivity contribution in [2.24, 2.45) is 5.73 Å². The molecular weight excluding hydrogens is 250 g/mol. The minimum Gasteiger partial charge on any atom is -0.374 e. The first-order chi connectivity index (χ1) is 9.81. The van der Waals surface area contributed by atoms with E-state index in [0.29, 0.717) is 6.54 Å². The fourth-order valence-corrected chi connectivity index (χ4v) is 3.02. The first-order valence-corrected chi connectivity index (χ1v) is 7.42. The van der Waals surface area contributed by atoms with Gasteiger partial charge >= 0.3 is 0 Å². The third-order valence-corrected chi connectivity index (χ3v) is 4.09. The Morgan fingerprint density at radius 1 is 1.35 bits per heavy atom. The highest BCUT2D eigenvalue weighted by molar-refractivity contribution is 5.83. The first kappa shape index (κ1) is 13.6. The van der Waals surface area contributed by atoms with Gasteiger partial charge in [-0.2, -0.15) is 0 Å². The number of fused-ring (bicyclic) bond motifs is 1. The zero-order chi connectivity index (χ0) is 13.9. The van der Waals surface area contributed by atoms with Crippen LogP contribution < -0.4 is 5.73 Å². The lowest BCUT2D eigenvalue weighted by atomic mass is 10.1. The summed E-state index contributed by atoms with van der Waals surface area (Å²) in [4.78, 5) is 2.45. The third-order valence-electron chi connectivity index (χ3n) is 4.09. The van der Waals surface area contributed by atoms with E-state index < -0.39 is 0 Å². The van der Waals surface area contributed by atoms with Crippen LogP contribution in [0.25, 0.3) is 10.9 Å². The SMILES string of the molecule is CCn1cc(CN2CCOC(CN)C2)c2ccccc21. The van der Waals surface area contributed by atoms with E-state index in [1.807, 2.05) is 0 Å². The molecule has 1 fully saturated rings. The second-order valence-electron chi connectivity index (χ2n) is 5.42. The molecule has 20 heavy (non-hydrogen) atoms. The van der Waals surface area contributed by atoms with Crippen LogP contribution in [0.2, 0.25) is 0 Å². The van der Waals surface area contributed by atoms with Crippen molar-refractivity contribution in [3.63, 3.8) is 0 Å². The van der Waals surface area contributed by atoms with Gasteiger partial charge in [-0.3, -0.25) is 4.90 Å². The van der Waals surface area contributed by atoms with Crippen molar-refractivity contribution in [3.05, 3.63) is 36.0 Å². The number of hydrogen-bond acceptors (Lipinski definition) is 3. The van der Waals surface area contributed by atoms with E-state index in [9.17, 15) is 0 Å². The number of aryl methyl sites for hydroxylation is 1. The minimum absolute atomic E-state index is 0.184. The summed E-state index contributed by atoms with van der Waals surface area (Å²) >= 11 is 0. The summed E-state index contributed by atoms with van der Waals surface area (Å²) in [6.45, 7) is 7.49. The van der Waals surface area contributed by atoms with Crippen LogP contribution in [0.1, 0.15) is 12.5 Å². The van der Waals surface area contributed by atoms with Crippen molar-refractivity contribution >= 4 is 10.9 Å². The second kappa shape index (κ2) is 5.95. The number of nitrogens with zero attached hydrogens (tertiary/aromatic N) is 2. The predicted molar refractivity (Wildman–Crippen MR) is 81.7 cm³/mol. The zero-order valence-corrected chi connectivity index (χ0v) is 12.1. The van der Waals surface area contributed by atoms with Crippen LogP contribution in [0.5, 0.6) is 0 Å². The number of ether oxygens (including phenoxy) is 1. The lowest BCUT2D eigenvalue weighted by molar-refractivity contribution is -0.0259. The molecule has 1 aliphatic heterocycles. The van der Waals surface area contributed by atoms with Gasteiger partial charge in [-0.1, -0.05) is 18.2 Å². The van der Waals surface area contributed by atoms with Crippen molar-refractivity contribution in [2.75, 3.05) is 26.2 Å². The summed E-state index contributed by atoms with van der Waals surface area (Å²) in [5.41, 5.74) is 8.45. The molecule has 1 aromatic carbocycles. The Hall–Kier alpha value is -1.36. The molecule has 2 heterocycles. The molecule has 0 bridgehead atoms. The van der Waals surface area contributed by atoms with Crippen LogP contribution >= 0.6 is 0 Å². The monoisotopic (exact) mass is 273 g/mol. The molecule has 0 amide bonds. The van der Waals surface area contributed by atoms with Gasteiger partial charge in [0.15, 0.2) is 0 Å². The molecular formula is C16H23N3O. The molecule has 2 N–H and O–H groups in total. The molecule has 108 valence electrons. The number of morpholine rings is 1. The quantitative estimate of drug-likeness (QED) is 0.924. The molecule has 1 atom stereocenters. The Labute approximate surface area is 120 Å². The third kappa shape index (κ3) is 2.59. The van der Waals surface area contributed by atoms with Crippen LogP contribution in [-0.2, 0) is 17.8 Å². The molecule has 1 unspecified atom stereocenters. The fraction of sp³-hybridized carbons (Fsp3) is 0.500. The Morgan fingerprint density at radius 2 is 2.20 bits per heavy atom. The van der Waals surface area contributed by atoms with Crippen molar-refractivity contribution in [1.29, 1.82) is 0 Å². The molecule has 0 saturated carbocycles. The molecule has 0 spiro atoms. The highest BCUT2D eigenvalue weighted by Gasteiger charge is 2.20. The number of aromatic nitrogens is 1. The maximum absolute atomic E-state index is 5.72. The van der Waals surface area contributed by atoms with E-state index in [0.717, 1.165) is 32.8 Å². The minimum atomic E-state index is 0.184. The maximum atomic E-state index is 5.72. The van der Waals surface area contributed by atoms with Crippen molar-refractivity contribution in [2.45, 2.75) is 26.1 Å². The number of hydrogen-bond donors (Lipinski definition) is 1. The van der Waals surface area contributed by atoms with Crippen LogP contribution in [-0.4, -0.2) is 41.8 Å². The van der Waals surface area contributed by atoms with E-state index in [1.165, 1.54) is 16.5 Å². The van der Waals surface area contributed by atoms with Gasteiger partial charge in [-0.25, -0.2) is 0 Å². The summed E-state index contributed by atoms with van der Waals surface area (Å²) < 4.78 is 7.96. The van der Waals surface area contributed by atoms with Crippen molar-refractivity contribution in [1.82, 2.24) is 9.47 Å². The average molecular weight is 273 g/mol. The first-order valence-electron chi connectivity index (χ1n) is 7.42. The lowest BCUT2D eigenvalue weighted by Gasteiger charge is -2.32. The van der Waals surface area contributed by atoms with Gasteiger partial charge in [0.2, 0.25) is 0 Å². The van der Waals surface area contributed by atoms with Gasteiger partial charge in [0.1, 0.15) is 0 Å². The number of rotatable bonds is 4. The molecule has 0 aliphatic carbocycles. The molecule has 1 aromatic heterocycles. The molecule has 1 aliphatic rings. The number of benzene rings is 1. The lowest BCUT2D eigenvalue weighted by Crippen LogP contribution is -2.45. The van der Waals surface area contributed by atoms with Gasteiger partial charge in [-0.05, 0) is 18.6 Å². The number of para-hydroxylation sites is 1. The van der Waals surface area contributed by atoms with Gasteiger partial charge in [0.05, 0.1) is 12.7 Å². The molecule has 4 nitrogen and oxygen atoms in total. The Bertz CT molecular complexity index is 578.